The standard InChI is InChI=1S/C9H7Cl2NO/c1-5(4-12)9-7(10)2-6(13)3-8(9)11/h2-3,5,13H,1H3. The number of phenols is 1. The number of benzene rings is 1. The van der Waals surface area contributed by atoms with Crippen molar-refractivity contribution >= 4 is 23.2 Å². The van der Waals surface area contributed by atoms with E-state index in [1.807, 2.05) is 6.07 Å². The van der Waals surface area contributed by atoms with E-state index in [1.54, 1.807) is 6.92 Å². The van der Waals surface area contributed by atoms with Gasteiger partial charge in [-0.05, 0) is 19.1 Å². The van der Waals surface area contributed by atoms with Gasteiger partial charge < -0.3 is 5.11 Å². The molecule has 0 fully saturated rings. The predicted octanol–water partition coefficient (Wildman–Crippen LogP) is 3.33. The van der Waals surface area contributed by atoms with Crippen molar-refractivity contribution < 1.29 is 5.11 Å². The summed E-state index contributed by atoms with van der Waals surface area (Å²) in [6.07, 6.45) is 0. The highest BCUT2D eigenvalue weighted by Crippen LogP contribution is 2.34. The first-order valence-corrected chi connectivity index (χ1v) is 4.39. The third-order valence-electron chi connectivity index (χ3n) is 1.69. The number of hydrogen-bond donors (Lipinski definition) is 1. The second kappa shape index (κ2) is 3.87. The Hall–Kier alpha value is -0.910. The van der Waals surface area contributed by atoms with Crippen molar-refractivity contribution in [1.29, 1.82) is 5.26 Å². The molecule has 0 saturated heterocycles. The van der Waals surface area contributed by atoms with Crippen LogP contribution in [-0.2, 0) is 0 Å². The molecule has 0 aliphatic carbocycles. The van der Waals surface area contributed by atoms with Crippen LogP contribution in [0.1, 0.15) is 18.4 Å². The van der Waals surface area contributed by atoms with Crippen LogP contribution < -0.4 is 0 Å². The number of aromatic hydroxyl groups is 1. The van der Waals surface area contributed by atoms with Gasteiger partial charge in [0, 0.05) is 5.56 Å². The summed E-state index contributed by atoms with van der Waals surface area (Å²) in [5, 5.41) is 18.4. The molecule has 1 N–H and O–H groups in total. The summed E-state index contributed by atoms with van der Waals surface area (Å²) in [4.78, 5) is 0. The molecule has 0 saturated carbocycles. The van der Waals surface area contributed by atoms with Gasteiger partial charge in [0.25, 0.3) is 0 Å². The van der Waals surface area contributed by atoms with Gasteiger partial charge in [-0.1, -0.05) is 23.2 Å². The van der Waals surface area contributed by atoms with Crippen LogP contribution in [0.15, 0.2) is 12.1 Å². The monoisotopic (exact) mass is 215 g/mol. The van der Waals surface area contributed by atoms with Gasteiger partial charge in [-0.15, -0.1) is 0 Å². The van der Waals surface area contributed by atoms with Crippen molar-refractivity contribution in [2.24, 2.45) is 0 Å². The summed E-state index contributed by atoms with van der Waals surface area (Å²) in [6.45, 7) is 1.70. The first kappa shape index (κ1) is 10.2. The minimum Gasteiger partial charge on any atom is -0.508 e. The van der Waals surface area contributed by atoms with Crippen molar-refractivity contribution in [3.05, 3.63) is 27.7 Å². The molecule has 68 valence electrons. The molecule has 4 heteroatoms. The zero-order valence-electron chi connectivity index (χ0n) is 6.88. The van der Waals surface area contributed by atoms with Crippen LogP contribution in [0, 0.1) is 11.3 Å². The van der Waals surface area contributed by atoms with Gasteiger partial charge in [-0.3, -0.25) is 0 Å². The van der Waals surface area contributed by atoms with E-state index >= 15 is 0 Å². The third-order valence-corrected chi connectivity index (χ3v) is 2.32. The number of rotatable bonds is 1. The fraction of sp³-hybridized carbons (Fsp3) is 0.222. The molecule has 0 spiro atoms. The lowest BCUT2D eigenvalue weighted by atomic mass is 10.0. The van der Waals surface area contributed by atoms with Crippen LogP contribution in [0.5, 0.6) is 5.75 Å². The number of nitriles is 1. The highest BCUT2D eigenvalue weighted by Gasteiger charge is 2.14. The van der Waals surface area contributed by atoms with Gasteiger partial charge in [0.1, 0.15) is 5.75 Å². The van der Waals surface area contributed by atoms with Gasteiger partial charge >= 0.3 is 0 Å². The Labute approximate surface area is 86.3 Å². The van der Waals surface area contributed by atoms with E-state index in [0.717, 1.165) is 0 Å². The maximum atomic E-state index is 9.12. The van der Waals surface area contributed by atoms with E-state index in [4.69, 9.17) is 33.6 Å². The summed E-state index contributed by atoms with van der Waals surface area (Å²) >= 11 is 11.6. The summed E-state index contributed by atoms with van der Waals surface area (Å²) in [6, 6.07) is 4.78. The molecule has 0 heterocycles. The number of phenolic OH excluding ortho intramolecular Hbond substituents is 1. The molecule has 1 rings (SSSR count). The molecule has 0 aliphatic heterocycles. The molecule has 1 aromatic rings. The minimum absolute atomic E-state index is 0.00360. The highest BCUT2D eigenvalue weighted by molar-refractivity contribution is 6.36. The lowest BCUT2D eigenvalue weighted by Gasteiger charge is -2.08. The van der Waals surface area contributed by atoms with Crippen molar-refractivity contribution in [3.63, 3.8) is 0 Å². The maximum absolute atomic E-state index is 9.12. The maximum Gasteiger partial charge on any atom is 0.118 e. The molecule has 0 aromatic heterocycles. The number of hydrogen-bond acceptors (Lipinski definition) is 2. The van der Waals surface area contributed by atoms with Crippen LogP contribution in [0.2, 0.25) is 10.0 Å². The van der Waals surface area contributed by atoms with Gasteiger partial charge in [-0.25, -0.2) is 0 Å². The SMILES string of the molecule is CC(C#N)c1c(Cl)cc(O)cc1Cl. The Bertz CT molecular complexity index is 347. The van der Waals surface area contributed by atoms with E-state index in [9.17, 15) is 0 Å². The largest absolute Gasteiger partial charge is 0.508 e. The number of nitrogens with zero attached hydrogens (tertiary/aromatic N) is 1. The lowest BCUT2D eigenvalue weighted by Crippen LogP contribution is -1.92. The van der Waals surface area contributed by atoms with Crippen LogP contribution in [0.3, 0.4) is 0 Å². The zero-order valence-corrected chi connectivity index (χ0v) is 8.39. The topological polar surface area (TPSA) is 44.0 Å². The summed E-state index contributed by atoms with van der Waals surface area (Å²) in [5.41, 5.74) is 0.559. The van der Waals surface area contributed by atoms with Gasteiger partial charge in [0.05, 0.1) is 22.0 Å². The first-order valence-electron chi connectivity index (χ1n) is 3.63. The van der Waals surface area contributed by atoms with Crippen LogP contribution in [0.25, 0.3) is 0 Å². The fourth-order valence-corrected chi connectivity index (χ4v) is 1.85. The fourth-order valence-electron chi connectivity index (χ4n) is 1.05. The van der Waals surface area contributed by atoms with Crippen molar-refractivity contribution in [3.8, 4) is 11.8 Å². The van der Waals surface area contributed by atoms with E-state index in [2.05, 4.69) is 0 Å². The summed E-state index contributed by atoms with van der Waals surface area (Å²) < 4.78 is 0. The van der Waals surface area contributed by atoms with E-state index < -0.39 is 0 Å². The average Bonchev–Trinajstić information content (AvgIpc) is 2.02. The third kappa shape index (κ3) is 2.06. The summed E-state index contributed by atoms with van der Waals surface area (Å²) in [5.74, 6) is -0.371. The Kier molecular flexibility index (Phi) is 3.02. The molecule has 2 nitrogen and oxygen atoms in total. The zero-order chi connectivity index (χ0) is 10.0. The molecule has 0 aliphatic rings. The molecule has 13 heavy (non-hydrogen) atoms. The highest BCUT2D eigenvalue weighted by atomic mass is 35.5. The molecule has 0 bridgehead atoms. The first-order chi connectivity index (χ1) is 6.06. The van der Waals surface area contributed by atoms with E-state index in [1.165, 1.54) is 12.1 Å². The second-order valence-electron chi connectivity index (χ2n) is 2.67. The van der Waals surface area contributed by atoms with Crippen molar-refractivity contribution in [2.45, 2.75) is 12.8 Å². The molecular formula is C9H7Cl2NO. The quantitative estimate of drug-likeness (QED) is 0.782. The Morgan fingerprint density at radius 1 is 1.38 bits per heavy atom. The van der Waals surface area contributed by atoms with E-state index in [-0.39, 0.29) is 11.7 Å². The molecule has 1 atom stereocenters. The van der Waals surface area contributed by atoms with Crippen molar-refractivity contribution in [2.75, 3.05) is 0 Å². The second-order valence-corrected chi connectivity index (χ2v) is 3.49. The normalized spacial score (nSPS) is 12.2. The molecule has 1 unspecified atom stereocenters. The molecule has 0 radical (unpaired) electrons. The lowest BCUT2D eigenvalue weighted by molar-refractivity contribution is 0.475. The summed E-state index contributed by atoms with van der Waals surface area (Å²) in [7, 11) is 0. The van der Waals surface area contributed by atoms with Crippen molar-refractivity contribution in [1.82, 2.24) is 0 Å². The molecular weight excluding hydrogens is 209 g/mol. The van der Waals surface area contributed by atoms with E-state index in [0.29, 0.717) is 15.6 Å². The predicted molar refractivity (Wildman–Crippen MR) is 52.2 cm³/mol. The molecule has 0 amide bonds. The van der Waals surface area contributed by atoms with Crippen LogP contribution in [-0.4, -0.2) is 5.11 Å². The Balaban J connectivity index is 3.30. The smallest absolute Gasteiger partial charge is 0.118 e. The van der Waals surface area contributed by atoms with Gasteiger partial charge in [0.2, 0.25) is 0 Å². The minimum atomic E-state index is -0.374. The Morgan fingerprint density at radius 3 is 2.23 bits per heavy atom. The number of halogens is 2. The van der Waals surface area contributed by atoms with Gasteiger partial charge in [0.15, 0.2) is 0 Å². The van der Waals surface area contributed by atoms with Crippen LogP contribution in [0.4, 0.5) is 0 Å². The average molecular weight is 216 g/mol. The van der Waals surface area contributed by atoms with Crippen LogP contribution >= 0.6 is 23.2 Å². The van der Waals surface area contributed by atoms with Gasteiger partial charge in [-0.2, -0.15) is 5.26 Å². The molecule has 1 aromatic carbocycles. The Morgan fingerprint density at radius 2 is 1.85 bits per heavy atom.